The molecule has 0 bridgehead atoms. The average Bonchev–Trinajstić information content (AvgIpc) is 3.18. The molecule has 0 heterocycles. The smallest absolute Gasteiger partial charge is 0.407 e. The van der Waals surface area contributed by atoms with E-state index in [-0.39, 0.29) is 24.6 Å². The van der Waals surface area contributed by atoms with Crippen molar-refractivity contribution in [2.24, 2.45) is 0 Å². The largest absolute Gasteiger partial charge is 0.478 e. The van der Waals surface area contributed by atoms with Crippen molar-refractivity contribution in [3.8, 4) is 11.1 Å². The number of ether oxygens (including phenoxy) is 2. The second-order valence-corrected chi connectivity index (χ2v) is 8.20. The van der Waals surface area contributed by atoms with Crippen molar-refractivity contribution in [3.63, 3.8) is 0 Å². The Morgan fingerprint density at radius 3 is 2.17 bits per heavy atom. The molecular formula is C27H26N2O6. The van der Waals surface area contributed by atoms with Crippen molar-refractivity contribution in [1.29, 1.82) is 0 Å². The molecule has 4 rings (SSSR count). The number of carboxylic acid groups (broad SMARTS) is 1. The van der Waals surface area contributed by atoms with Crippen molar-refractivity contribution in [2.45, 2.75) is 18.9 Å². The zero-order chi connectivity index (χ0) is 24.9. The second-order valence-electron chi connectivity index (χ2n) is 8.20. The molecule has 0 radical (unpaired) electrons. The second kappa shape index (κ2) is 10.4. The van der Waals surface area contributed by atoms with E-state index < -0.39 is 24.1 Å². The third kappa shape index (κ3) is 5.02. The Morgan fingerprint density at radius 1 is 0.943 bits per heavy atom. The van der Waals surface area contributed by atoms with Crippen LogP contribution < -0.4 is 10.6 Å². The van der Waals surface area contributed by atoms with Crippen LogP contribution in [0.3, 0.4) is 0 Å². The van der Waals surface area contributed by atoms with Crippen molar-refractivity contribution < 1.29 is 29.0 Å². The van der Waals surface area contributed by atoms with E-state index in [1.54, 1.807) is 19.1 Å². The number of aromatic carboxylic acids is 1. The molecule has 35 heavy (non-hydrogen) atoms. The van der Waals surface area contributed by atoms with Gasteiger partial charge in [-0.2, -0.15) is 0 Å². The Hall–Kier alpha value is -4.17. The Bertz CT molecular complexity index is 1230. The molecule has 0 spiro atoms. The van der Waals surface area contributed by atoms with E-state index in [1.807, 2.05) is 36.4 Å². The highest BCUT2D eigenvalue weighted by molar-refractivity contribution is 5.98. The molecule has 180 valence electrons. The summed E-state index contributed by atoms with van der Waals surface area (Å²) in [5.41, 5.74) is 5.36. The number of alkyl carbamates (subject to hydrolysis) is 1. The van der Waals surface area contributed by atoms with E-state index in [9.17, 15) is 19.5 Å². The fourth-order valence-electron chi connectivity index (χ4n) is 4.32. The van der Waals surface area contributed by atoms with Crippen molar-refractivity contribution in [3.05, 3.63) is 89.0 Å². The molecule has 3 N–H and O–H groups in total. The van der Waals surface area contributed by atoms with Gasteiger partial charge in [0.1, 0.15) is 6.61 Å². The summed E-state index contributed by atoms with van der Waals surface area (Å²) < 4.78 is 10.7. The first-order valence-electron chi connectivity index (χ1n) is 11.2. The van der Waals surface area contributed by atoms with Crippen molar-refractivity contribution in [2.75, 3.05) is 25.6 Å². The highest BCUT2D eigenvalue weighted by Gasteiger charge is 2.29. The quantitative estimate of drug-likeness (QED) is 0.451. The highest BCUT2D eigenvalue weighted by atomic mass is 16.5. The molecule has 1 unspecified atom stereocenters. The maximum Gasteiger partial charge on any atom is 0.407 e. The number of fused-ring (bicyclic) bond motifs is 3. The zero-order valence-electron chi connectivity index (χ0n) is 19.4. The van der Waals surface area contributed by atoms with Crippen LogP contribution in [0.25, 0.3) is 11.1 Å². The normalized spacial score (nSPS) is 12.9. The number of hydrogen-bond donors (Lipinski definition) is 3. The number of nitrogens with one attached hydrogen (secondary N) is 2. The van der Waals surface area contributed by atoms with E-state index in [4.69, 9.17) is 9.47 Å². The van der Waals surface area contributed by atoms with E-state index in [0.717, 1.165) is 22.3 Å². The molecule has 1 aliphatic rings. The number of amides is 2. The van der Waals surface area contributed by atoms with Crippen LogP contribution in [0.5, 0.6) is 0 Å². The highest BCUT2D eigenvalue weighted by Crippen LogP contribution is 2.44. The standard InChI is InChI=1S/C27H26N2O6/c1-16-17(26(31)32)12-7-13-23(16)29-25(30)24(34-2)14-28-27(33)35-15-22-20-10-5-3-8-18(20)19-9-4-6-11-21(19)22/h3-13,22,24H,14-15H2,1-2H3,(H,28,33)(H,29,30)(H,31,32). The fraction of sp³-hybridized carbons (Fsp3) is 0.222. The summed E-state index contributed by atoms with van der Waals surface area (Å²) in [5.74, 6) is -1.67. The summed E-state index contributed by atoms with van der Waals surface area (Å²) in [7, 11) is 1.35. The van der Waals surface area contributed by atoms with Crippen molar-refractivity contribution >= 4 is 23.7 Å². The molecule has 0 aliphatic heterocycles. The van der Waals surface area contributed by atoms with Crippen LogP contribution in [-0.4, -0.2) is 49.4 Å². The SMILES string of the molecule is COC(CNC(=O)OCC1c2ccccc2-c2ccccc21)C(=O)Nc1cccc(C(=O)O)c1C. The van der Waals surface area contributed by atoms with Gasteiger partial charge in [0.25, 0.3) is 5.91 Å². The van der Waals surface area contributed by atoms with Crippen LogP contribution in [0, 0.1) is 6.92 Å². The lowest BCUT2D eigenvalue weighted by molar-refractivity contribution is -0.125. The predicted octanol–water partition coefficient (Wildman–Crippen LogP) is 4.19. The third-order valence-corrected chi connectivity index (χ3v) is 6.17. The Morgan fingerprint density at radius 2 is 1.57 bits per heavy atom. The number of carboxylic acids is 1. The minimum atomic E-state index is -1.08. The van der Waals surface area contributed by atoms with Crippen LogP contribution in [0.15, 0.2) is 66.7 Å². The van der Waals surface area contributed by atoms with Gasteiger partial charge in [-0.05, 0) is 46.9 Å². The number of benzene rings is 3. The number of carbonyl (C=O) groups excluding carboxylic acids is 2. The molecule has 0 saturated heterocycles. The predicted molar refractivity (Wildman–Crippen MR) is 131 cm³/mol. The van der Waals surface area contributed by atoms with Crippen LogP contribution in [-0.2, 0) is 14.3 Å². The topological polar surface area (TPSA) is 114 Å². The number of methoxy groups -OCH3 is 1. The summed E-state index contributed by atoms with van der Waals surface area (Å²) in [6, 6.07) is 20.7. The van der Waals surface area contributed by atoms with Crippen LogP contribution >= 0.6 is 0 Å². The van der Waals surface area contributed by atoms with E-state index >= 15 is 0 Å². The molecule has 1 aliphatic carbocycles. The minimum absolute atomic E-state index is 0.0702. The molecule has 3 aromatic carbocycles. The monoisotopic (exact) mass is 474 g/mol. The molecule has 8 heteroatoms. The van der Waals surface area contributed by atoms with Crippen LogP contribution in [0.4, 0.5) is 10.5 Å². The van der Waals surface area contributed by atoms with Gasteiger partial charge >= 0.3 is 12.1 Å². The number of anilines is 1. The lowest BCUT2D eigenvalue weighted by Gasteiger charge is -2.18. The summed E-state index contributed by atoms with van der Waals surface area (Å²) in [4.78, 5) is 36.4. The maximum absolute atomic E-state index is 12.7. The molecule has 0 aromatic heterocycles. The third-order valence-electron chi connectivity index (χ3n) is 6.17. The van der Waals surface area contributed by atoms with Gasteiger partial charge < -0.3 is 25.2 Å². The van der Waals surface area contributed by atoms with Gasteiger partial charge in [0.15, 0.2) is 6.10 Å². The van der Waals surface area contributed by atoms with E-state index in [0.29, 0.717) is 11.3 Å². The van der Waals surface area contributed by atoms with Crippen LogP contribution in [0.2, 0.25) is 0 Å². The lowest BCUT2D eigenvalue weighted by atomic mass is 9.98. The van der Waals surface area contributed by atoms with E-state index in [2.05, 4.69) is 22.8 Å². The minimum Gasteiger partial charge on any atom is -0.478 e. The van der Waals surface area contributed by atoms with Gasteiger partial charge in [-0.1, -0.05) is 54.6 Å². The molecule has 2 amide bonds. The zero-order valence-corrected chi connectivity index (χ0v) is 19.4. The molecule has 0 fully saturated rings. The molecule has 0 saturated carbocycles. The van der Waals surface area contributed by atoms with Gasteiger partial charge in [-0.25, -0.2) is 9.59 Å². The summed E-state index contributed by atoms with van der Waals surface area (Å²) in [6.07, 6.45) is -1.66. The average molecular weight is 475 g/mol. The first kappa shape index (κ1) is 24.0. The lowest BCUT2D eigenvalue weighted by Crippen LogP contribution is -2.41. The van der Waals surface area contributed by atoms with Gasteiger partial charge in [-0.15, -0.1) is 0 Å². The Kier molecular flexibility index (Phi) is 7.12. The number of rotatable bonds is 8. The van der Waals surface area contributed by atoms with Crippen LogP contribution in [0.1, 0.15) is 33.0 Å². The van der Waals surface area contributed by atoms with E-state index in [1.165, 1.54) is 13.2 Å². The summed E-state index contributed by atoms with van der Waals surface area (Å²) >= 11 is 0. The molecule has 3 aromatic rings. The van der Waals surface area contributed by atoms with Gasteiger partial charge in [0.2, 0.25) is 0 Å². The first-order valence-corrected chi connectivity index (χ1v) is 11.2. The number of carbonyl (C=O) groups is 3. The molecule has 1 atom stereocenters. The number of hydrogen-bond acceptors (Lipinski definition) is 5. The van der Waals surface area contributed by atoms with Gasteiger partial charge in [0, 0.05) is 18.7 Å². The fourth-order valence-corrected chi connectivity index (χ4v) is 4.32. The Labute approximate surface area is 202 Å². The molecule has 8 nitrogen and oxygen atoms in total. The van der Waals surface area contributed by atoms with Crippen molar-refractivity contribution in [1.82, 2.24) is 5.32 Å². The van der Waals surface area contributed by atoms with Gasteiger partial charge in [-0.3, -0.25) is 4.79 Å². The summed E-state index contributed by atoms with van der Waals surface area (Å²) in [5, 5.41) is 14.5. The Balaban J connectivity index is 1.34. The maximum atomic E-state index is 12.7. The summed E-state index contributed by atoms with van der Waals surface area (Å²) in [6.45, 7) is 1.65. The molecular weight excluding hydrogens is 448 g/mol. The first-order chi connectivity index (χ1) is 16.9. The van der Waals surface area contributed by atoms with Gasteiger partial charge in [0.05, 0.1) is 12.1 Å².